The molecule has 0 spiro atoms. The molecular formula is C12H25N3O. The van der Waals surface area contributed by atoms with E-state index in [9.17, 15) is 4.79 Å². The highest BCUT2D eigenvalue weighted by atomic mass is 16.2. The van der Waals surface area contributed by atoms with Gasteiger partial charge in [-0.1, -0.05) is 0 Å². The summed E-state index contributed by atoms with van der Waals surface area (Å²) in [5.41, 5.74) is 0. The van der Waals surface area contributed by atoms with Gasteiger partial charge in [-0.2, -0.15) is 0 Å². The predicted octanol–water partition coefficient (Wildman–Crippen LogP) is 0.395. The Bertz CT molecular complexity index is 222. The molecule has 0 aromatic heterocycles. The minimum Gasteiger partial charge on any atom is -0.347 e. The summed E-state index contributed by atoms with van der Waals surface area (Å²) in [5, 5.41) is 3.34. The van der Waals surface area contributed by atoms with Crippen molar-refractivity contribution in [1.29, 1.82) is 0 Å². The number of hydrogen-bond acceptors (Lipinski definition) is 3. The van der Waals surface area contributed by atoms with E-state index in [-0.39, 0.29) is 11.9 Å². The molecule has 1 saturated heterocycles. The molecule has 94 valence electrons. The number of carbonyl (C=O) groups excluding carboxylic acids is 1. The Labute approximate surface area is 99.0 Å². The molecule has 4 nitrogen and oxygen atoms in total. The summed E-state index contributed by atoms with van der Waals surface area (Å²) >= 11 is 0. The van der Waals surface area contributed by atoms with Gasteiger partial charge in [-0.25, -0.2) is 0 Å². The number of rotatable bonds is 4. The summed E-state index contributed by atoms with van der Waals surface area (Å²) in [6.07, 6.45) is 2.48. The molecule has 1 amide bonds. The monoisotopic (exact) mass is 227 g/mol. The van der Waals surface area contributed by atoms with Gasteiger partial charge in [-0.15, -0.1) is 0 Å². The van der Waals surface area contributed by atoms with E-state index in [4.69, 9.17) is 0 Å². The second-order valence-electron chi connectivity index (χ2n) is 5.11. The highest BCUT2D eigenvalue weighted by molar-refractivity contribution is 5.80. The second kappa shape index (κ2) is 6.21. The van der Waals surface area contributed by atoms with Gasteiger partial charge >= 0.3 is 0 Å². The molecule has 1 heterocycles. The lowest BCUT2D eigenvalue weighted by molar-refractivity contribution is -0.130. The molecule has 0 bridgehead atoms. The molecule has 0 radical (unpaired) electrons. The first-order valence-electron chi connectivity index (χ1n) is 6.13. The number of piperidine rings is 1. The van der Waals surface area contributed by atoms with Crippen LogP contribution in [0.5, 0.6) is 0 Å². The first kappa shape index (κ1) is 13.5. The van der Waals surface area contributed by atoms with Crippen LogP contribution in [0.4, 0.5) is 0 Å². The Balaban J connectivity index is 2.21. The standard InChI is InChI=1S/C12H25N3O/c1-10(12(16)14(2)3)13-9-11-5-7-15(4)8-6-11/h10-11,13H,5-9H2,1-4H3. The molecule has 1 fully saturated rings. The Morgan fingerprint density at radius 3 is 2.50 bits per heavy atom. The molecule has 0 saturated carbocycles. The van der Waals surface area contributed by atoms with Gasteiger partial charge in [0.2, 0.25) is 5.91 Å². The second-order valence-corrected chi connectivity index (χ2v) is 5.11. The van der Waals surface area contributed by atoms with Crippen LogP contribution in [0.2, 0.25) is 0 Å². The molecule has 0 aromatic rings. The maximum absolute atomic E-state index is 11.6. The van der Waals surface area contributed by atoms with Gasteiger partial charge in [0.25, 0.3) is 0 Å². The Morgan fingerprint density at radius 2 is 2.00 bits per heavy atom. The van der Waals surface area contributed by atoms with Gasteiger partial charge in [0.15, 0.2) is 0 Å². The Hall–Kier alpha value is -0.610. The average molecular weight is 227 g/mol. The Morgan fingerprint density at radius 1 is 1.44 bits per heavy atom. The average Bonchev–Trinajstić information content (AvgIpc) is 2.26. The summed E-state index contributed by atoms with van der Waals surface area (Å²) in [7, 11) is 5.77. The summed E-state index contributed by atoms with van der Waals surface area (Å²) in [6.45, 7) is 5.27. The van der Waals surface area contributed by atoms with E-state index in [0.29, 0.717) is 0 Å². The van der Waals surface area contributed by atoms with Crippen molar-refractivity contribution in [3.8, 4) is 0 Å². The molecule has 4 heteroatoms. The first-order valence-corrected chi connectivity index (χ1v) is 6.13. The number of amides is 1. The van der Waals surface area contributed by atoms with Gasteiger partial charge in [0, 0.05) is 14.1 Å². The van der Waals surface area contributed by atoms with Crippen molar-refractivity contribution in [2.45, 2.75) is 25.8 Å². The van der Waals surface area contributed by atoms with Crippen LogP contribution in [0, 0.1) is 5.92 Å². The van der Waals surface area contributed by atoms with E-state index < -0.39 is 0 Å². The maximum atomic E-state index is 11.6. The van der Waals surface area contributed by atoms with Gasteiger partial charge in [-0.3, -0.25) is 4.79 Å². The molecule has 1 atom stereocenters. The van der Waals surface area contributed by atoms with Crippen molar-refractivity contribution >= 4 is 5.91 Å². The quantitative estimate of drug-likeness (QED) is 0.755. The number of hydrogen-bond donors (Lipinski definition) is 1. The minimum absolute atomic E-state index is 0.0605. The third-order valence-corrected chi connectivity index (χ3v) is 3.36. The van der Waals surface area contributed by atoms with Crippen LogP contribution >= 0.6 is 0 Å². The van der Waals surface area contributed by atoms with Crippen LogP contribution in [0.15, 0.2) is 0 Å². The fourth-order valence-corrected chi connectivity index (χ4v) is 2.08. The zero-order valence-corrected chi connectivity index (χ0v) is 11.0. The van der Waals surface area contributed by atoms with Gasteiger partial charge in [-0.05, 0) is 52.4 Å². The van der Waals surface area contributed by atoms with Crippen LogP contribution in [0.25, 0.3) is 0 Å². The van der Waals surface area contributed by atoms with Gasteiger partial charge in [0.1, 0.15) is 0 Å². The van der Waals surface area contributed by atoms with E-state index in [1.54, 1.807) is 19.0 Å². The number of carbonyl (C=O) groups is 1. The molecule has 1 aliphatic rings. The van der Waals surface area contributed by atoms with Crippen LogP contribution in [0.3, 0.4) is 0 Å². The topological polar surface area (TPSA) is 35.6 Å². The predicted molar refractivity (Wildman–Crippen MR) is 66.4 cm³/mol. The lowest BCUT2D eigenvalue weighted by Crippen LogP contribution is -2.44. The molecule has 0 aliphatic carbocycles. The molecule has 16 heavy (non-hydrogen) atoms. The lowest BCUT2D eigenvalue weighted by atomic mass is 9.97. The van der Waals surface area contributed by atoms with Crippen molar-refractivity contribution in [2.75, 3.05) is 40.8 Å². The zero-order valence-electron chi connectivity index (χ0n) is 11.0. The number of likely N-dealkylation sites (N-methyl/N-ethyl adjacent to an activating group) is 1. The molecule has 0 aromatic carbocycles. The van der Waals surface area contributed by atoms with Crippen molar-refractivity contribution in [1.82, 2.24) is 15.1 Å². The Kier molecular flexibility index (Phi) is 5.22. The summed E-state index contributed by atoms with van der Waals surface area (Å²) in [5.74, 6) is 0.890. The zero-order chi connectivity index (χ0) is 12.1. The van der Waals surface area contributed by atoms with Gasteiger partial charge in [0.05, 0.1) is 6.04 Å². The fraction of sp³-hybridized carbons (Fsp3) is 0.917. The SMILES string of the molecule is CC(NCC1CCN(C)CC1)C(=O)N(C)C. The van der Waals surface area contributed by atoms with Crippen molar-refractivity contribution in [3.63, 3.8) is 0 Å². The molecular weight excluding hydrogens is 202 g/mol. The van der Waals surface area contributed by atoms with Crippen molar-refractivity contribution in [2.24, 2.45) is 5.92 Å². The molecule has 1 aliphatic heterocycles. The van der Waals surface area contributed by atoms with Crippen LogP contribution in [-0.4, -0.2) is 62.5 Å². The van der Waals surface area contributed by atoms with E-state index in [1.807, 2.05) is 6.92 Å². The maximum Gasteiger partial charge on any atom is 0.238 e. The highest BCUT2D eigenvalue weighted by Crippen LogP contribution is 2.14. The van der Waals surface area contributed by atoms with E-state index in [2.05, 4.69) is 17.3 Å². The van der Waals surface area contributed by atoms with Crippen molar-refractivity contribution < 1.29 is 4.79 Å². The molecule has 1 rings (SSSR count). The summed E-state index contributed by atoms with van der Waals surface area (Å²) in [6, 6.07) is -0.0605. The highest BCUT2D eigenvalue weighted by Gasteiger charge is 2.19. The smallest absolute Gasteiger partial charge is 0.238 e. The van der Waals surface area contributed by atoms with E-state index in [0.717, 1.165) is 12.5 Å². The molecule has 1 unspecified atom stereocenters. The third-order valence-electron chi connectivity index (χ3n) is 3.36. The van der Waals surface area contributed by atoms with E-state index in [1.165, 1.54) is 25.9 Å². The third kappa shape index (κ3) is 4.10. The number of likely N-dealkylation sites (tertiary alicyclic amines) is 1. The molecule has 1 N–H and O–H groups in total. The largest absolute Gasteiger partial charge is 0.347 e. The van der Waals surface area contributed by atoms with Crippen LogP contribution in [0.1, 0.15) is 19.8 Å². The van der Waals surface area contributed by atoms with Gasteiger partial charge < -0.3 is 15.1 Å². The van der Waals surface area contributed by atoms with E-state index >= 15 is 0 Å². The first-order chi connectivity index (χ1) is 7.50. The minimum atomic E-state index is -0.0605. The fourth-order valence-electron chi connectivity index (χ4n) is 2.08. The normalized spacial score (nSPS) is 20.8. The van der Waals surface area contributed by atoms with Crippen LogP contribution in [-0.2, 0) is 4.79 Å². The van der Waals surface area contributed by atoms with Crippen molar-refractivity contribution in [3.05, 3.63) is 0 Å². The lowest BCUT2D eigenvalue weighted by Gasteiger charge is -2.30. The van der Waals surface area contributed by atoms with Crippen LogP contribution < -0.4 is 5.32 Å². The summed E-state index contributed by atoms with van der Waals surface area (Å²) in [4.78, 5) is 15.6. The number of nitrogens with one attached hydrogen (secondary N) is 1. The number of nitrogens with zero attached hydrogens (tertiary/aromatic N) is 2. The summed E-state index contributed by atoms with van der Waals surface area (Å²) < 4.78 is 0.